The van der Waals surface area contributed by atoms with Crippen LogP contribution < -0.4 is 10.2 Å². The zero-order valence-corrected chi connectivity index (χ0v) is 14.0. The van der Waals surface area contributed by atoms with E-state index < -0.39 is 5.97 Å². The molecule has 1 saturated heterocycles. The molecular weight excluding hydrogens is 308 g/mol. The van der Waals surface area contributed by atoms with Crippen LogP contribution >= 0.6 is 0 Å². The van der Waals surface area contributed by atoms with Gasteiger partial charge in [0.15, 0.2) is 6.61 Å². The first-order chi connectivity index (χ1) is 11.6. The van der Waals surface area contributed by atoms with Crippen LogP contribution in [0.4, 0.5) is 5.69 Å². The fourth-order valence-corrected chi connectivity index (χ4v) is 2.59. The molecule has 1 aliphatic heterocycles. The predicted octanol–water partition coefficient (Wildman–Crippen LogP) is 2.28. The van der Waals surface area contributed by atoms with E-state index >= 15 is 0 Å². The third kappa shape index (κ3) is 5.08. The minimum Gasteiger partial charge on any atom is -0.452 e. The Morgan fingerprint density at radius 1 is 1.29 bits per heavy atom. The third-order valence-electron chi connectivity index (χ3n) is 3.90. The maximum atomic E-state index is 12.1. The Morgan fingerprint density at radius 2 is 2.12 bits per heavy atom. The topological polar surface area (TPSA) is 75.7 Å². The molecule has 0 aliphatic carbocycles. The second kappa shape index (κ2) is 9.05. The summed E-state index contributed by atoms with van der Waals surface area (Å²) < 4.78 is 5.04. The number of rotatable bonds is 8. The quantitative estimate of drug-likeness (QED) is 0.585. The molecule has 0 bridgehead atoms. The minimum absolute atomic E-state index is 0.0620. The molecule has 2 amide bonds. The Bertz CT molecular complexity index is 600. The van der Waals surface area contributed by atoms with E-state index in [4.69, 9.17) is 4.74 Å². The number of nitrogens with zero attached hydrogens (tertiary/aromatic N) is 1. The first-order valence-corrected chi connectivity index (χ1v) is 8.46. The van der Waals surface area contributed by atoms with Crippen LogP contribution in [0.1, 0.15) is 49.4 Å². The van der Waals surface area contributed by atoms with Crippen molar-refractivity contribution in [2.75, 3.05) is 24.6 Å². The van der Waals surface area contributed by atoms with Gasteiger partial charge < -0.3 is 15.0 Å². The van der Waals surface area contributed by atoms with Crippen molar-refractivity contribution < 1.29 is 19.1 Å². The van der Waals surface area contributed by atoms with E-state index in [1.165, 1.54) is 0 Å². The maximum absolute atomic E-state index is 12.1. The zero-order chi connectivity index (χ0) is 17.4. The summed E-state index contributed by atoms with van der Waals surface area (Å²) in [5, 5.41) is 2.72. The van der Waals surface area contributed by atoms with Crippen LogP contribution in [0.2, 0.25) is 0 Å². The van der Waals surface area contributed by atoms with Gasteiger partial charge in [-0.1, -0.05) is 25.8 Å². The lowest BCUT2D eigenvalue weighted by Gasteiger charge is -2.16. The molecule has 1 fully saturated rings. The van der Waals surface area contributed by atoms with Gasteiger partial charge in [0.05, 0.1) is 5.56 Å². The number of carbonyl (C=O) groups is 3. The molecule has 0 unspecified atom stereocenters. The summed E-state index contributed by atoms with van der Waals surface area (Å²) in [6.07, 6.45) is 4.42. The summed E-state index contributed by atoms with van der Waals surface area (Å²) in [4.78, 5) is 37.1. The van der Waals surface area contributed by atoms with Gasteiger partial charge in [-0.2, -0.15) is 0 Å². The second-order valence-electron chi connectivity index (χ2n) is 5.83. The van der Waals surface area contributed by atoms with E-state index in [1.54, 1.807) is 29.2 Å². The molecule has 0 atom stereocenters. The Hall–Kier alpha value is -2.37. The molecule has 24 heavy (non-hydrogen) atoms. The van der Waals surface area contributed by atoms with Gasteiger partial charge in [0.2, 0.25) is 5.91 Å². The molecule has 1 aromatic carbocycles. The van der Waals surface area contributed by atoms with E-state index in [0.717, 1.165) is 25.7 Å². The summed E-state index contributed by atoms with van der Waals surface area (Å²) in [5.41, 5.74) is 1.03. The smallest absolute Gasteiger partial charge is 0.338 e. The molecule has 1 heterocycles. The first kappa shape index (κ1) is 18.0. The average molecular weight is 332 g/mol. The highest BCUT2D eigenvalue weighted by Gasteiger charge is 2.22. The predicted molar refractivity (Wildman–Crippen MR) is 90.8 cm³/mol. The standard InChI is InChI=1S/C18H24N2O4/c1-2-3-4-10-19-16(21)13-24-18(23)14-7-5-8-15(12-14)20-11-6-9-17(20)22/h5,7-8,12H,2-4,6,9-11,13H2,1H3,(H,19,21). The van der Waals surface area contributed by atoms with Crippen molar-refractivity contribution in [1.82, 2.24) is 5.32 Å². The maximum Gasteiger partial charge on any atom is 0.338 e. The summed E-state index contributed by atoms with van der Waals surface area (Å²) in [7, 11) is 0. The van der Waals surface area contributed by atoms with Gasteiger partial charge in [-0.25, -0.2) is 4.79 Å². The highest BCUT2D eigenvalue weighted by Crippen LogP contribution is 2.22. The number of unbranched alkanes of at least 4 members (excludes halogenated alkanes) is 2. The summed E-state index contributed by atoms with van der Waals surface area (Å²) >= 11 is 0. The molecule has 0 radical (unpaired) electrons. The second-order valence-corrected chi connectivity index (χ2v) is 5.83. The van der Waals surface area contributed by atoms with Crippen LogP contribution in [-0.4, -0.2) is 37.5 Å². The Kier molecular flexibility index (Phi) is 6.78. The number of esters is 1. The van der Waals surface area contributed by atoms with Gasteiger partial charge in [0, 0.05) is 25.2 Å². The number of anilines is 1. The highest BCUT2D eigenvalue weighted by molar-refractivity contribution is 5.97. The van der Waals surface area contributed by atoms with E-state index in [-0.39, 0.29) is 18.4 Å². The van der Waals surface area contributed by atoms with E-state index in [1.807, 2.05) is 0 Å². The molecule has 130 valence electrons. The van der Waals surface area contributed by atoms with Crippen molar-refractivity contribution in [2.24, 2.45) is 0 Å². The molecule has 1 aliphatic rings. The zero-order valence-electron chi connectivity index (χ0n) is 14.0. The first-order valence-electron chi connectivity index (χ1n) is 8.46. The van der Waals surface area contributed by atoms with Gasteiger partial charge in [-0.05, 0) is 31.0 Å². The SMILES string of the molecule is CCCCCNC(=O)COC(=O)c1cccc(N2CCCC2=O)c1. The fraction of sp³-hybridized carbons (Fsp3) is 0.500. The fourth-order valence-electron chi connectivity index (χ4n) is 2.59. The molecule has 2 rings (SSSR count). The highest BCUT2D eigenvalue weighted by atomic mass is 16.5. The Balaban J connectivity index is 1.84. The van der Waals surface area contributed by atoms with E-state index in [2.05, 4.69) is 12.2 Å². The summed E-state index contributed by atoms with van der Waals surface area (Å²) in [6.45, 7) is 3.06. The largest absolute Gasteiger partial charge is 0.452 e. The lowest BCUT2D eigenvalue weighted by atomic mass is 10.2. The van der Waals surface area contributed by atoms with Crippen molar-refractivity contribution in [3.8, 4) is 0 Å². The van der Waals surface area contributed by atoms with Crippen LogP contribution in [0.15, 0.2) is 24.3 Å². The molecule has 6 nitrogen and oxygen atoms in total. The Labute approximate surface area is 142 Å². The normalized spacial score (nSPS) is 13.9. The van der Waals surface area contributed by atoms with E-state index in [0.29, 0.717) is 30.8 Å². The average Bonchev–Trinajstić information content (AvgIpc) is 3.02. The van der Waals surface area contributed by atoms with Crippen LogP contribution in [-0.2, 0) is 14.3 Å². The number of benzene rings is 1. The summed E-state index contributed by atoms with van der Waals surface area (Å²) in [5.74, 6) is -0.801. The van der Waals surface area contributed by atoms with E-state index in [9.17, 15) is 14.4 Å². The molecule has 0 spiro atoms. The molecular formula is C18H24N2O4. The van der Waals surface area contributed by atoms with Crippen LogP contribution in [0, 0.1) is 0 Å². The molecule has 1 N–H and O–H groups in total. The van der Waals surface area contributed by atoms with Gasteiger partial charge in [0.1, 0.15) is 0 Å². The van der Waals surface area contributed by atoms with Crippen molar-refractivity contribution in [3.05, 3.63) is 29.8 Å². The van der Waals surface area contributed by atoms with Crippen molar-refractivity contribution in [3.63, 3.8) is 0 Å². The van der Waals surface area contributed by atoms with Gasteiger partial charge in [-0.3, -0.25) is 9.59 Å². The van der Waals surface area contributed by atoms with Crippen LogP contribution in [0.25, 0.3) is 0 Å². The molecule has 0 saturated carbocycles. The lowest BCUT2D eigenvalue weighted by Crippen LogP contribution is -2.29. The summed E-state index contributed by atoms with van der Waals surface area (Å²) in [6, 6.07) is 6.75. The number of amides is 2. The Morgan fingerprint density at radius 3 is 2.83 bits per heavy atom. The van der Waals surface area contributed by atoms with Gasteiger partial charge >= 0.3 is 5.97 Å². The van der Waals surface area contributed by atoms with Gasteiger partial charge in [0.25, 0.3) is 5.91 Å². The number of hydrogen-bond acceptors (Lipinski definition) is 4. The number of hydrogen-bond donors (Lipinski definition) is 1. The van der Waals surface area contributed by atoms with Crippen molar-refractivity contribution in [1.29, 1.82) is 0 Å². The van der Waals surface area contributed by atoms with Crippen LogP contribution in [0.3, 0.4) is 0 Å². The molecule has 1 aromatic rings. The van der Waals surface area contributed by atoms with Crippen molar-refractivity contribution >= 4 is 23.5 Å². The monoisotopic (exact) mass is 332 g/mol. The van der Waals surface area contributed by atoms with Crippen LogP contribution in [0.5, 0.6) is 0 Å². The minimum atomic E-state index is -0.563. The molecule has 6 heteroatoms. The van der Waals surface area contributed by atoms with Crippen molar-refractivity contribution in [2.45, 2.75) is 39.0 Å². The lowest BCUT2D eigenvalue weighted by molar-refractivity contribution is -0.124. The van der Waals surface area contributed by atoms with Gasteiger partial charge in [-0.15, -0.1) is 0 Å². The third-order valence-corrected chi connectivity index (χ3v) is 3.90. The molecule has 0 aromatic heterocycles. The number of nitrogens with one attached hydrogen (secondary N) is 1. The number of ether oxygens (including phenoxy) is 1. The number of carbonyl (C=O) groups excluding carboxylic acids is 3.